The molecule has 1 N–H and O–H groups in total. The number of hydrogen-bond acceptors (Lipinski definition) is 2. The molecule has 0 aromatic rings. The molecule has 1 atom stereocenters. The van der Waals surface area contributed by atoms with Crippen molar-refractivity contribution in [2.24, 2.45) is 5.41 Å². The van der Waals surface area contributed by atoms with E-state index in [1.54, 1.807) is 0 Å². The van der Waals surface area contributed by atoms with E-state index in [2.05, 4.69) is 19.2 Å². The van der Waals surface area contributed by atoms with Crippen LogP contribution in [0.1, 0.15) is 52.4 Å². The first-order valence-corrected chi connectivity index (χ1v) is 6.73. The minimum Gasteiger partial charge on any atom is -0.328 e. The van der Waals surface area contributed by atoms with Gasteiger partial charge in [-0.05, 0) is 31.1 Å². The average molecular weight is 224 g/mol. The number of rotatable bonds is 5. The van der Waals surface area contributed by atoms with Crippen molar-refractivity contribution in [2.75, 3.05) is 13.2 Å². The molecular weight excluding hydrogens is 200 g/mol. The maximum absolute atomic E-state index is 12.1. The highest BCUT2D eigenvalue weighted by Gasteiger charge is 2.40. The van der Waals surface area contributed by atoms with Gasteiger partial charge in [0.05, 0.1) is 12.7 Å². The molecule has 3 heteroatoms. The first kappa shape index (κ1) is 11.9. The van der Waals surface area contributed by atoms with Crippen LogP contribution in [0, 0.1) is 5.41 Å². The van der Waals surface area contributed by atoms with Crippen LogP contribution in [-0.4, -0.2) is 30.1 Å². The van der Waals surface area contributed by atoms with E-state index >= 15 is 0 Å². The van der Waals surface area contributed by atoms with Crippen LogP contribution < -0.4 is 5.32 Å². The minimum atomic E-state index is 0.0963. The summed E-state index contributed by atoms with van der Waals surface area (Å²) in [5.74, 6) is 0.335. The van der Waals surface area contributed by atoms with Gasteiger partial charge in [0.25, 0.3) is 0 Å². The van der Waals surface area contributed by atoms with Crippen LogP contribution in [0.15, 0.2) is 0 Å². The number of carbonyl (C=O) groups excluding carboxylic acids is 1. The van der Waals surface area contributed by atoms with Crippen molar-refractivity contribution < 1.29 is 4.79 Å². The van der Waals surface area contributed by atoms with Crippen LogP contribution in [0.25, 0.3) is 0 Å². The Balaban J connectivity index is 1.89. The summed E-state index contributed by atoms with van der Waals surface area (Å²) in [6.45, 7) is 6.15. The van der Waals surface area contributed by atoms with Crippen molar-refractivity contribution in [1.29, 1.82) is 0 Å². The highest BCUT2D eigenvalue weighted by molar-refractivity contribution is 5.83. The fourth-order valence-electron chi connectivity index (χ4n) is 2.96. The monoisotopic (exact) mass is 224 g/mol. The normalized spacial score (nSPS) is 28.2. The molecule has 0 radical (unpaired) electrons. The van der Waals surface area contributed by atoms with Gasteiger partial charge in [-0.3, -0.25) is 10.1 Å². The molecule has 2 rings (SSSR count). The van der Waals surface area contributed by atoms with E-state index in [9.17, 15) is 4.79 Å². The summed E-state index contributed by atoms with van der Waals surface area (Å²) >= 11 is 0. The van der Waals surface area contributed by atoms with Crippen LogP contribution in [0.5, 0.6) is 0 Å². The SMILES string of the molecule is CCCC1NCN(CC2(CC)CCC2)C1=O. The molecule has 0 aromatic carbocycles. The molecule has 0 spiro atoms. The van der Waals surface area contributed by atoms with Gasteiger partial charge in [0.15, 0.2) is 0 Å². The molecule has 3 nitrogen and oxygen atoms in total. The molecule has 1 saturated heterocycles. The molecule has 1 saturated carbocycles. The van der Waals surface area contributed by atoms with Crippen molar-refractivity contribution in [3.05, 3.63) is 0 Å². The molecule has 1 aliphatic carbocycles. The first-order chi connectivity index (χ1) is 7.71. The lowest BCUT2D eigenvalue weighted by Gasteiger charge is -2.43. The smallest absolute Gasteiger partial charge is 0.240 e. The van der Waals surface area contributed by atoms with E-state index in [1.165, 1.54) is 25.7 Å². The molecule has 0 aromatic heterocycles. The lowest BCUT2D eigenvalue weighted by molar-refractivity contribution is -0.131. The maximum atomic E-state index is 12.1. The molecule has 0 bridgehead atoms. The third-order valence-corrected chi connectivity index (χ3v) is 4.41. The van der Waals surface area contributed by atoms with Gasteiger partial charge in [-0.1, -0.05) is 26.7 Å². The second kappa shape index (κ2) is 4.74. The first-order valence-electron chi connectivity index (χ1n) is 6.73. The third-order valence-electron chi connectivity index (χ3n) is 4.41. The fraction of sp³-hybridized carbons (Fsp3) is 0.923. The summed E-state index contributed by atoms with van der Waals surface area (Å²) in [6.07, 6.45) is 7.25. The largest absolute Gasteiger partial charge is 0.328 e. The zero-order chi connectivity index (χ0) is 11.6. The molecule has 1 unspecified atom stereocenters. The molecule has 2 fully saturated rings. The highest BCUT2D eigenvalue weighted by atomic mass is 16.2. The van der Waals surface area contributed by atoms with Crippen LogP contribution in [0.3, 0.4) is 0 Å². The van der Waals surface area contributed by atoms with Crippen LogP contribution in [-0.2, 0) is 4.79 Å². The number of amides is 1. The van der Waals surface area contributed by atoms with Crippen molar-refractivity contribution >= 4 is 5.91 Å². The summed E-state index contributed by atoms with van der Waals surface area (Å²) < 4.78 is 0. The minimum absolute atomic E-state index is 0.0963. The van der Waals surface area contributed by atoms with Gasteiger partial charge in [0.2, 0.25) is 5.91 Å². The molecule has 16 heavy (non-hydrogen) atoms. The lowest BCUT2D eigenvalue weighted by atomic mass is 9.67. The fourth-order valence-corrected chi connectivity index (χ4v) is 2.96. The predicted octanol–water partition coefficient (Wildman–Crippen LogP) is 2.12. The predicted molar refractivity (Wildman–Crippen MR) is 65.0 cm³/mol. The molecule has 2 aliphatic rings. The maximum Gasteiger partial charge on any atom is 0.240 e. The summed E-state index contributed by atoms with van der Waals surface area (Å²) in [5.41, 5.74) is 0.457. The van der Waals surface area contributed by atoms with Gasteiger partial charge in [-0.25, -0.2) is 0 Å². The van der Waals surface area contributed by atoms with Gasteiger partial charge in [-0.15, -0.1) is 0 Å². The number of hydrogen-bond donors (Lipinski definition) is 1. The van der Waals surface area contributed by atoms with E-state index < -0.39 is 0 Å². The van der Waals surface area contributed by atoms with Crippen molar-refractivity contribution in [3.63, 3.8) is 0 Å². The van der Waals surface area contributed by atoms with E-state index in [4.69, 9.17) is 0 Å². The Labute approximate surface area is 98.6 Å². The van der Waals surface area contributed by atoms with E-state index in [0.29, 0.717) is 11.3 Å². The zero-order valence-corrected chi connectivity index (χ0v) is 10.6. The quantitative estimate of drug-likeness (QED) is 0.776. The summed E-state index contributed by atoms with van der Waals surface area (Å²) in [5, 5.41) is 3.33. The molecule has 1 heterocycles. The van der Waals surface area contributed by atoms with Crippen LogP contribution >= 0.6 is 0 Å². The molecular formula is C13H24N2O. The second-order valence-electron chi connectivity index (χ2n) is 5.45. The number of nitrogens with zero attached hydrogens (tertiary/aromatic N) is 1. The van der Waals surface area contributed by atoms with Gasteiger partial charge < -0.3 is 4.90 Å². The Bertz CT molecular complexity index is 255. The van der Waals surface area contributed by atoms with Crippen LogP contribution in [0.4, 0.5) is 0 Å². The Morgan fingerprint density at radius 3 is 2.69 bits per heavy atom. The van der Waals surface area contributed by atoms with Crippen LogP contribution in [0.2, 0.25) is 0 Å². The zero-order valence-electron chi connectivity index (χ0n) is 10.6. The highest BCUT2D eigenvalue weighted by Crippen LogP contribution is 2.44. The number of carbonyl (C=O) groups is 1. The van der Waals surface area contributed by atoms with Gasteiger partial charge in [0, 0.05) is 6.54 Å². The Morgan fingerprint density at radius 2 is 2.19 bits per heavy atom. The molecule has 1 aliphatic heterocycles. The van der Waals surface area contributed by atoms with Gasteiger partial charge >= 0.3 is 0 Å². The summed E-state index contributed by atoms with van der Waals surface area (Å²) in [6, 6.07) is 0.0963. The average Bonchev–Trinajstić information content (AvgIpc) is 2.56. The van der Waals surface area contributed by atoms with E-state index in [-0.39, 0.29) is 6.04 Å². The summed E-state index contributed by atoms with van der Waals surface area (Å²) in [7, 11) is 0. The summed E-state index contributed by atoms with van der Waals surface area (Å²) in [4.78, 5) is 14.1. The van der Waals surface area contributed by atoms with E-state index in [1.807, 2.05) is 4.90 Å². The second-order valence-corrected chi connectivity index (χ2v) is 5.45. The Morgan fingerprint density at radius 1 is 1.44 bits per heavy atom. The van der Waals surface area contributed by atoms with E-state index in [0.717, 1.165) is 26.1 Å². The van der Waals surface area contributed by atoms with Crippen molar-refractivity contribution in [3.8, 4) is 0 Å². The van der Waals surface area contributed by atoms with Gasteiger partial charge in [0.1, 0.15) is 0 Å². The topological polar surface area (TPSA) is 32.3 Å². The number of nitrogens with one attached hydrogen (secondary N) is 1. The molecule has 1 amide bonds. The van der Waals surface area contributed by atoms with Crippen molar-refractivity contribution in [2.45, 2.75) is 58.4 Å². The standard InChI is InChI=1S/C13H24N2O/c1-3-6-11-12(16)15(10-14-11)9-13(4-2)7-5-8-13/h11,14H,3-10H2,1-2H3. The lowest BCUT2D eigenvalue weighted by Crippen LogP contribution is -2.43. The Hall–Kier alpha value is -0.570. The Kier molecular flexibility index (Phi) is 3.53. The molecule has 92 valence electrons. The third kappa shape index (κ3) is 2.10. The van der Waals surface area contributed by atoms with Crippen molar-refractivity contribution in [1.82, 2.24) is 10.2 Å². The van der Waals surface area contributed by atoms with Gasteiger partial charge in [-0.2, -0.15) is 0 Å².